The molecular formula is C28H32N2O5. The van der Waals surface area contributed by atoms with Crippen LogP contribution in [0.4, 0.5) is 4.79 Å². The van der Waals surface area contributed by atoms with E-state index >= 15 is 0 Å². The molecule has 0 spiro atoms. The van der Waals surface area contributed by atoms with Crippen LogP contribution in [0.1, 0.15) is 49.7 Å². The molecule has 2 N–H and O–H groups in total. The third-order valence-corrected chi connectivity index (χ3v) is 7.72. The van der Waals surface area contributed by atoms with Crippen molar-refractivity contribution in [3.63, 3.8) is 0 Å². The number of benzene rings is 2. The first-order valence-electron chi connectivity index (χ1n) is 12.5. The van der Waals surface area contributed by atoms with Gasteiger partial charge in [0.25, 0.3) is 0 Å². The van der Waals surface area contributed by atoms with Gasteiger partial charge in [-0.3, -0.25) is 9.59 Å². The van der Waals surface area contributed by atoms with Gasteiger partial charge in [0.05, 0.1) is 6.42 Å². The molecule has 3 aliphatic rings. The van der Waals surface area contributed by atoms with Crippen LogP contribution in [0.15, 0.2) is 48.5 Å². The monoisotopic (exact) mass is 476 g/mol. The second kappa shape index (κ2) is 9.72. The Morgan fingerprint density at radius 2 is 1.66 bits per heavy atom. The van der Waals surface area contributed by atoms with Gasteiger partial charge in [-0.25, -0.2) is 4.79 Å². The van der Waals surface area contributed by atoms with Gasteiger partial charge >= 0.3 is 12.1 Å². The smallest absolute Gasteiger partial charge is 0.407 e. The van der Waals surface area contributed by atoms with Crippen molar-refractivity contribution in [2.24, 2.45) is 17.8 Å². The van der Waals surface area contributed by atoms with Crippen LogP contribution in [0.5, 0.6) is 0 Å². The Kier molecular flexibility index (Phi) is 6.50. The molecule has 1 aliphatic heterocycles. The number of rotatable bonds is 8. The fourth-order valence-electron chi connectivity index (χ4n) is 5.62. The average molecular weight is 477 g/mol. The van der Waals surface area contributed by atoms with Crippen LogP contribution >= 0.6 is 0 Å². The normalized spacial score (nSPS) is 21.8. The predicted octanol–water partition coefficient (Wildman–Crippen LogP) is 4.26. The zero-order valence-corrected chi connectivity index (χ0v) is 20.0. The highest BCUT2D eigenvalue weighted by atomic mass is 16.5. The van der Waals surface area contributed by atoms with Gasteiger partial charge in [0, 0.05) is 19.0 Å². The van der Waals surface area contributed by atoms with Gasteiger partial charge in [-0.05, 0) is 46.4 Å². The maximum Gasteiger partial charge on any atom is 0.407 e. The van der Waals surface area contributed by atoms with E-state index in [4.69, 9.17) is 9.84 Å². The highest BCUT2D eigenvalue weighted by Gasteiger charge is 2.39. The number of carboxylic acids is 1. The molecule has 2 fully saturated rings. The van der Waals surface area contributed by atoms with Gasteiger partial charge in [0.1, 0.15) is 12.6 Å². The fourth-order valence-corrected chi connectivity index (χ4v) is 5.62. The number of alkyl carbamates (subject to hydrolysis) is 1. The molecule has 7 heteroatoms. The van der Waals surface area contributed by atoms with Crippen LogP contribution in [0, 0.1) is 17.8 Å². The summed E-state index contributed by atoms with van der Waals surface area (Å²) < 4.78 is 5.68. The summed E-state index contributed by atoms with van der Waals surface area (Å²) in [6.45, 7) is 3.12. The average Bonchev–Trinajstić information content (AvgIpc) is 3.51. The molecule has 0 aromatic heterocycles. The highest BCUT2D eigenvalue weighted by Crippen LogP contribution is 2.44. The van der Waals surface area contributed by atoms with Crippen molar-refractivity contribution in [3.05, 3.63) is 59.7 Å². The SMILES string of the molecule is CC1CN(C(=O)C(CC2CC2)NC(=O)OCC2c3ccccc3-c3ccccc32)CC1CC(=O)O. The zero-order chi connectivity index (χ0) is 24.5. The molecule has 1 saturated heterocycles. The van der Waals surface area contributed by atoms with E-state index in [2.05, 4.69) is 29.6 Å². The number of nitrogens with one attached hydrogen (secondary N) is 1. The van der Waals surface area contributed by atoms with Gasteiger partial charge in [0.15, 0.2) is 0 Å². The van der Waals surface area contributed by atoms with E-state index in [0.717, 1.165) is 35.1 Å². The van der Waals surface area contributed by atoms with Crippen molar-refractivity contribution >= 4 is 18.0 Å². The lowest BCUT2D eigenvalue weighted by atomic mass is 9.95. The number of carbonyl (C=O) groups is 3. The second-order valence-electron chi connectivity index (χ2n) is 10.3. The highest BCUT2D eigenvalue weighted by molar-refractivity contribution is 5.86. The van der Waals surface area contributed by atoms with Crippen LogP contribution in [0.3, 0.4) is 0 Å². The third kappa shape index (κ3) is 5.04. The van der Waals surface area contributed by atoms with Crippen molar-refractivity contribution in [3.8, 4) is 11.1 Å². The Bertz CT molecular complexity index is 1080. The Morgan fingerprint density at radius 1 is 1.03 bits per heavy atom. The molecule has 5 rings (SSSR count). The topological polar surface area (TPSA) is 95.9 Å². The van der Waals surface area contributed by atoms with Crippen LogP contribution in [-0.4, -0.2) is 53.7 Å². The van der Waals surface area contributed by atoms with Gasteiger partial charge < -0.3 is 20.1 Å². The second-order valence-corrected chi connectivity index (χ2v) is 10.3. The molecule has 0 radical (unpaired) electrons. The molecule has 1 heterocycles. The number of ether oxygens (including phenoxy) is 1. The fraction of sp³-hybridized carbons (Fsp3) is 0.464. The summed E-state index contributed by atoms with van der Waals surface area (Å²) in [4.78, 5) is 39.1. The molecule has 2 aromatic rings. The minimum atomic E-state index is -0.845. The van der Waals surface area contributed by atoms with Crippen molar-refractivity contribution in [1.29, 1.82) is 0 Å². The van der Waals surface area contributed by atoms with E-state index < -0.39 is 18.1 Å². The molecule has 2 aliphatic carbocycles. The Labute approximate surface area is 205 Å². The maximum atomic E-state index is 13.3. The first-order valence-corrected chi connectivity index (χ1v) is 12.5. The summed E-state index contributed by atoms with van der Waals surface area (Å²) in [5, 5.41) is 12.0. The molecule has 1 saturated carbocycles. The number of carboxylic acid groups (broad SMARTS) is 1. The summed E-state index contributed by atoms with van der Waals surface area (Å²) in [6, 6.07) is 15.7. The first kappa shape index (κ1) is 23.4. The molecule has 3 unspecified atom stereocenters. The van der Waals surface area contributed by atoms with Gasteiger partial charge in [-0.1, -0.05) is 68.3 Å². The van der Waals surface area contributed by atoms with E-state index in [1.165, 1.54) is 0 Å². The lowest BCUT2D eigenvalue weighted by Crippen LogP contribution is -2.48. The Hall–Kier alpha value is -3.35. The largest absolute Gasteiger partial charge is 0.481 e. The van der Waals surface area contributed by atoms with Crippen LogP contribution < -0.4 is 5.32 Å². The number of hydrogen-bond acceptors (Lipinski definition) is 4. The molecule has 2 amide bonds. The number of likely N-dealkylation sites (tertiary alicyclic amines) is 1. The number of hydrogen-bond donors (Lipinski definition) is 2. The number of carbonyl (C=O) groups excluding carboxylic acids is 2. The summed E-state index contributed by atoms with van der Waals surface area (Å²) in [7, 11) is 0. The standard InChI is InChI=1S/C28H32N2O5/c1-17-14-30(15-19(17)13-26(31)32)27(33)25(12-18-10-11-18)29-28(34)35-16-24-22-8-4-2-6-20(22)21-7-3-5-9-23(21)24/h2-9,17-19,24-25H,10-16H2,1H3,(H,29,34)(H,31,32). The Morgan fingerprint density at radius 3 is 2.26 bits per heavy atom. The van der Waals surface area contributed by atoms with Gasteiger partial charge in [0.2, 0.25) is 5.91 Å². The van der Waals surface area contributed by atoms with Crippen molar-refractivity contribution in [2.75, 3.05) is 19.7 Å². The van der Waals surface area contributed by atoms with Crippen molar-refractivity contribution < 1.29 is 24.2 Å². The molecule has 3 atom stereocenters. The minimum Gasteiger partial charge on any atom is -0.481 e. The Balaban J connectivity index is 1.23. The van der Waals surface area contributed by atoms with E-state index in [0.29, 0.717) is 25.4 Å². The van der Waals surface area contributed by atoms with Crippen molar-refractivity contribution in [2.45, 2.75) is 44.6 Å². The maximum absolute atomic E-state index is 13.3. The molecule has 184 valence electrons. The van der Waals surface area contributed by atoms with Crippen molar-refractivity contribution in [1.82, 2.24) is 10.2 Å². The molecule has 7 nitrogen and oxygen atoms in total. The summed E-state index contributed by atoms with van der Waals surface area (Å²) >= 11 is 0. The molecule has 35 heavy (non-hydrogen) atoms. The van der Waals surface area contributed by atoms with Crippen LogP contribution in [-0.2, 0) is 14.3 Å². The first-order chi connectivity index (χ1) is 16.9. The number of aliphatic carboxylic acids is 1. The molecule has 0 bridgehead atoms. The van der Waals surface area contributed by atoms with Gasteiger partial charge in [-0.2, -0.15) is 0 Å². The quantitative estimate of drug-likeness (QED) is 0.593. The summed E-state index contributed by atoms with van der Waals surface area (Å²) in [5.41, 5.74) is 4.61. The number of nitrogens with zero attached hydrogens (tertiary/aromatic N) is 1. The van der Waals surface area contributed by atoms with E-state index in [1.807, 2.05) is 31.2 Å². The predicted molar refractivity (Wildman–Crippen MR) is 131 cm³/mol. The summed E-state index contributed by atoms with van der Waals surface area (Å²) in [5.74, 6) is -0.527. The van der Waals surface area contributed by atoms with E-state index in [9.17, 15) is 14.4 Å². The lowest BCUT2D eigenvalue weighted by molar-refractivity contribution is -0.139. The molecule has 2 aromatic carbocycles. The van der Waals surface area contributed by atoms with Crippen LogP contribution in [0.25, 0.3) is 11.1 Å². The third-order valence-electron chi connectivity index (χ3n) is 7.72. The van der Waals surface area contributed by atoms with Gasteiger partial charge in [-0.15, -0.1) is 0 Å². The van der Waals surface area contributed by atoms with Crippen LogP contribution in [0.2, 0.25) is 0 Å². The van der Waals surface area contributed by atoms with E-state index in [1.54, 1.807) is 4.90 Å². The van der Waals surface area contributed by atoms with E-state index in [-0.39, 0.29) is 36.7 Å². The summed E-state index contributed by atoms with van der Waals surface area (Å²) in [6.07, 6.45) is 2.19. The zero-order valence-electron chi connectivity index (χ0n) is 20.0. The lowest BCUT2D eigenvalue weighted by Gasteiger charge is -2.25. The number of fused-ring (bicyclic) bond motifs is 3. The number of amides is 2. The molecular weight excluding hydrogens is 444 g/mol. The minimum absolute atomic E-state index is 0.0399.